The van der Waals surface area contributed by atoms with Crippen LogP contribution in [0, 0.1) is 0 Å². The van der Waals surface area contributed by atoms with Crippen molar-refractivity contribution in [2.45, 2.75) is 52.2 Å². The number of carbonyl (C=O) groups excluding carboxylic acids is 2. The van der Waals surface area contributed by atoms with Gasteiger partial charge in [-0.05, 0) is 47.6 Å². The molecule has 0 radical (unpaired) electrons. The molecule has 0 fully saturated rings. The van der Waals surface area contributed by atoms with Gasteiger partial charge in [-0.1, -0.05) is 50.2 Å². The van der Waals surface area contributed by atoms with Gasteiger partial charge in [-0.25, -0.2) is 5.01 Å². The monoisotopic (exact) mass is 463 g/mol. The highest BCUT2D eigenvalue weighted by Crippen LogP contribution is 2.31. The molecule has 0 aromatic heterocycles. The van der Waals surface area contributed by atoms with E-state index >= 15 is 0 Å². The number of nitrogens with one attached hydrogen (secondary N) is 2. The van der Waals surface area contributed by atoms with Gasteiger partial charge in [0, 0.05) is 45.0 Å². The van der Waals surface area contributed by atoms with Gasteiger partial charge in [-0.3, -0.25) is 19.9 Å². The second-order valence-corrected chi connectivity index (χ2v) is 9.53. The number of fused-ring (bicyclic) bond motifs is 2. The maximum absolute atomic E-state index is 13.3. The average Bonchev–Trinajstić information content (AvgIpc) is 3.48. The molecule has 1 heterocycles. The summed E-state index contributed by atoms with van der Waals surface area (Å²) in [5.74, 6) is -0.0517. The molecule has 2 aromatic rings. The number of aryl methyl sites for hydroxylation is 1. The van der Waals surface area contributed by atoms with Crippen LogP contribution < -0.4 is 15.5 Å². The smallest absolute Gasteiger partial charge is 0.250 e. The summed E-state index contributed by atoms with van der Waals surface area (Å²) in [7, 11) is 1.80. The van der Waals surface area contributed by atoms with Crippen molar-refractivity contribution in [3.8, 4) is 0 Å². The van der Waals surface area contributed by atoms with Crippen molar-refractivity contribution in [1.29, 1.82) is 0 Å². The summed E-state index contributed by atoms with van der Waals surface area (Å²) < 4.78 is 0. The molecule has 2 aliphatic rings. The number of nitrogens with zero attached hydrogens (tertiary/aromatic N) is 3. The third kappa shape index (κ3) is 5.66. The van der Waals surface area contributed by atoms with E-state index in [2.05, 4.69) is 54.8 Å². The van der Waals surface area contributed by atoms with Crippen LogP contribution >= 0.6 is 0 Å². The van der Waals surface area contributed by atoms with E-state index in [0.717, 1.165) is 44.6 Å². The third-order valence-corrected chi connectivity index (χ3v) is 6.76. The fourth-order valence-electron chi connectivity index (χ4n) is 4.87. The molecular weight excluding hydrogens is 426 g/mol. The predicted molar refractivity (Wildman–Crippen MR) is 135 cm³/mol. The maximum Gasteiger partial charge on any atom is 0.250 e. The van der Waals surface area contributed by atoms with Crippen LogP contribution in [0.1, 0.15) is 42.5 Å². The molecular formula is C27H37N5O2. The molecule has 1 aliphatic heterocycles. The molecule has 2 amide bonds. The van der Waals surface area contributed by atoms with E-state index in [1.165, 1.54) is 22.3 Å². The lowest BCUT2D eigenvalue weighted by Crippen LogP contribution is -2.47. The molecule has 1 aliphatic carbocycles. The Hall–Kier alpha value is -2.74. The molecule has 0 spiro atoms. The molecule has 182 valence electrons. The van der Waals surface area contributed by atoms with Crippen LogP contribution in [-0.2, 0) is 35.5 Å². The van der Waals surface area contributed by atoms with Crippen molar-refractivity contribution >= 4 is 17.5 Å². The Morgan fingerprint density at radius 3 is 2.32 bits per heavy atom. The second-order valence-electron chi connectivity index (χ2n) is 9.53. The summed E-state index contributed by atoms with van der Waals surface area (Å²) in [4.78, 5) is 28.0. The first kappa shape index (κ1) is 24.4. The van der Waals surface area contributed by atoms with Crippen LogP contribution in [0.15, 0.2) is 42.5 Å². The van der Waals surface area contributed by atoms with Crippen molar-refractivity contribution < 1.29 is 9.59 Å². The molecule has 0 saturated heterocycles. The van der Waals surface area contributed by atoms with Gasteiger partial charge in [0.05, 0.1) is 13.1 Å². The quantitative estimate of drug-likeness (QED) is 0.567. The van der Waals surface area contributed by atoms with Crippen molar-refractivity contribution in [1.82, 2.24) is 20.7 Å². The molecule has 0 unspecified atom stereocenters. The minimum atomic E-state index is -0.0470. The van der Waals surface area contributed by atoms with E-state index in [-0.39, 0.29) is 24.9 Å². The maximum atomic E-state index is 13.3. The van der Waals surface area contributed by atoms with E-state index in [0.29, 0.717) is 12.6 Å². The molecule has 2 aromatic carbocycles. The Morgan fingerprint density at radius 2 is 1.62 bits per heavy atom. The van der Waals surface area contributed by atoms with E-state index in [9.17, 15) is 9.59 Å². The minimum Gasteiger partial charge on any atom is -0.313 e. The fourth-order valence-corrected chi connectivity index (χ4v) is 4.87. The molecule has 0 atom stereocenters. The van der Waals surface area contributed by atoms with E-state index < -0.39 is 0 Å². The summed E-state index contributed by atoms with van der Waals surface area (Å²) in [5.41, 5.74) is 6.18. The zero-order valence-electron chi connectivity index (χ0n) is 20.6. The largest absolute Gasteiger partial charge is 0.313 e. The fraction of sp³-hybridized carbons (Fsp3) is 0.481. The molecule has 7 nitrogen and oxygen atoms in total. The standard InChI is InChI=1S/C27H37N5O2/c1-20(2)29-14-15-32(25-13-7-11-21-10-6-12-24(21)25)27(34)17-28-16-26(33)30(3)31-18-22-8-4-5-9-23(22)19-31/h4-5,7-9,11,13,20,28-29H,6,10,12,14-19H2,1-3H3. The summed E-state index contributed by atoms with van der Waals surface area (Å²) in [5, 5.41) is 10.2. The molecule has 4 rings (SSSR count). The van der Waals surface area contributed by atoms with Crippen LogP contribution in [-0.4, -0.2) is 61.1 Å². The zero-order valence-corrected chi connectivity index (χ0v) is 20.6. The highest BCUT2D eigenvalue weighted by molar-refractivity contribution is 5.96. The topological polar surface area (TPSA) is 67.9 Å². The average molecular weight is 464 g/mol. The highest BCUT2D eigenvalue weighted by Gasteiger charge is 2.26. The second kappa shape index (κ2) is 11.1. The summed E-state index contributed by atoms with van der Waals surface area (Å²) >= 11 is 0. The number of rotatable bonds is 10. The lowest BCUT2D eigenvalue weighted by atomic mass is 10.1. The summed E-state index contributed by atoms with van der Waals surface area (Å²) in [6.45, 7) is 7.26. The van der Waals surface area contributed by atoms with Gasteiger partial charge >= 0.3 is 0 Å². The summed E-state index contributed by atoms with van der Waals surface area (Å²) in [6.07, 6.45) is 3.23. The molecule has 34 heavy (non-hydrogen) atoms. The molecule has 0 bridgehead atoms. The number of likely N-dealkylation sites (N-methyl/N-ethyl adjacent to an activating group) is 1. The lowest BCUT2D eigenvalue weighted by molar-refractivity contribution is -0.145. The van der Waals surface area contributed by atoms with E-state index in [1.807, 2.05) is 22.0 Å². The number of hydrogen-bond acceptors (Lipinski definition) is 5. The zero-order chi connectivity index (χ0) is 24.1. The van der Waals surface area contributed by atoms with Crippen molar-refractivity contribution in [3.63, 3.8) is 0 Å². The highest BCUT2D eigenvalue weighted by atomic mass is 16.2. The van der Waals surface area contributed by atoms with Gasteiger partial charge in [0.15, 0.2) is 0 Å². The summed E-state index contributed by atoms with van der Waals surface area (Å²) in [6, 6.07) is 14.9. The third-order valence-electron chi connectivity index (χ3n) is 6.76. The van der Waals surface area contributed by atoms with E-state index in [1.54, 1.807) is 12.1 Å². The first-order chi connectivity index (χ1) is 16.4. The van der Waals surface area contributed by atoms with Gasteiger partial charge in [-0.15, -0.1) is 0 Å². The van der Waals surface area contributed by atoms with Crippen LogP contribution in [0.5, 0.6) is 0 Å². The number of amides is 2. The lowest BCUT2D eigenvalue weighted by Gasteiger charge is -2.28. The van der Waals surface area contributed by atoms with Crippen molar-refractivity contribution in [3.05, 3.63) is 64.7 Å². The van der Waals surface area contributed by atoms with Gasteiger partial charge in [0.1, 0.15) is 0 Å². The normalized spacial score (nSPS) is 14.8. The SMILES string of the molecule is CC(C)NCCN(C(=O)CNCC(=O)N(C)N1Cc2ccccc2C1)c1cccc2c1CCC2. The van der Waals surface area contributed by atoms with Gasteiger partial charge < -0.3 is 10.2 Å². The molecule has 2 N–H and O–H groups in total. The Balaban J connectivity index is 1.33. The predicted octanol–water partition coefficient (Wildman–Crippen LogP) is 2.49. The van der Waals surface area contributed by atoms with Gasteiger partial charge in [0.2, 0.25) is 5.91 Å². The first-order valence-electron chi connectivity index (χ1n) is 12.4. The van der Waals surface area contributed by atoms with Crippen LogP contribution in [0.3, 0.4) is 0 Å². The van der Waals surface area contributed by atoms with Gasteiger partial charge in [-0.2, -0.15) is 0 Å². The Labute approximate surface area is 203 Å². The first-order valence-corrected chi connectivity index (χ1v) is 12.4. The molecule has 0 saturated carbocycles. The van der Waals surface area contributed by atoms with Crippen molar-refractivity contribution in [2.75, 3.05) is 38.1 Å². The van der Waals surface area contributed by atoms with Crippen LogP contribution in [0.4, 0.5) is 5.69 Å². The Bertz CT molecular complexity index is 997. The Morgan fingerprint density at radius 1 is 0.941 bits per heavy atom. The number of hydrazine groups is 1. The minimum absolute atomic E-state index is 0.00473. The van der Waals surface area contributed by atoms with Gasteiger partial charge in [0.25, 0.3) is 5.91 Å². The van der Waals surface area contributed by atoms with E-state index in [4.69, 9.17) is 0 Å². The van der Waals surface area contributed by atoms with Crippen LogP contribution in [0.25, 0.3) is 0 Å². The number of anilines is 1. The van der Waals surface area contributed by atoms with Crippen molar-refractivity contribution in [2.24, 2.45) is 0 Å². The van der Waals surface area contributed by atoms with Crippen LogP contribution in [0.2, 0.25) is 0 Å². The number of carbonyl (C=O) groups is 2. The Kier molecular flexibility index (Phi) is 7.98. The number of benzene rings is 2. The number of hydrogen-bond donors (Lipinski definition) is 2. The molecule has 7 heteroatoms.